The minimum Gasteiger partial charge on any atom is -0.466 e. The summed E-state index contributed by atoms with van der Waals surface area (Å²) in [6, 6.07) is 6.70. The molecule has 0 bridgehead atoms. The second-order valence-corrected chi connectivity index (χ2v) is 9.57. The maximum absolute atomic E-state index is 12.2. The third kappa shape index (κ3) is 5.45. The summed E-state index contributed by atoms with van der Waals surface area (Å²) >= 11 is 0. The predicted octanol–water partition coefficient (Wildman–Crippen LogP) is 1.79. The van der Waals surface area contributed by atoms with Crippen LogP contribution in [0.15, 0.2) is 28.7 Å². The van der Waals surface area contributed by atoms with E-state index in [1.54, 1.807) is 38.1 Å². The lowest BCUT2D eigenvalue weighted by molar-refractivity contribution is -0.136. The van der Waals surface area contributed by atoms with Gasteiger partial charge in [-0.3, -0.25) is 13.9 Å². The largest absolute Gasteiger partial charge is 0.466 e. The van der Waals surface area contributed by atoms with E-state index in [0.29, 0.717) is 35.0 Å². The fraction of sp³-hybridized carbons (Fsp3) is 0.429. The smallest absolute Gasteiger partial charge is 0.313 e. The molecule has 0 saturated carbocycles. The maximum atomic E-state index is 12.2. The molecule has 2 amide bonds. The Bertz CT molecular complexity index is 1090. The van der Waals surface area contributed by atoms with Crippen LogP contribution in [-0.4, -0.2) is 44.7 Å². The van der Waals surface area contributed by atoms with Crippen LogP contribution in [0, 0.1) is 13.8 Å². The quantitative estimate of drug-likeness (QED) is 0.577. The number of benzene rings is 1. The molecule has 10 heteroatoms. The molecule has 0 radical (unpaired) electrons. The second kappa shape index (κ2) is 9.11. The average Bonchev–Trinajstić information content (AvgIpc) is 3.04. The molecular weight excluding hydrogens is 422 g/mol. The average molecular weight is 450 g/mol. The number of nitrogens with one attached hydrogen (secondary N) is 2. The summed E-state index contributed by atoms with van der Waals surface area (Å²) in [6.45, 7) is 4.01. The predicted molar refractivity (Wildman–Crippen MR) is 116 cm³/mol. The summed E-state index contributed by atoms with van der Waals surface area (Å²) in [5.74, 6) is -0.407. The van der Waals surface area contributed by atoms with Crippen molar-refractivity contribution in [1.82, 2.24) is 5.32 Å². The number of aryl methyl sites for hydroxylation is 3. The highest BCUT2D eigenvalue weighted by Gasteiger charge is 2.25. The van der Waals surface area contributed by atoms with Crippen LogP contribution in [0.4, 0.5) is 11.4 Å². The number of aliphatic hydroxyl groups excluding tert-OH is 1. The van der Waals surface area contributed by atoms with Crippen molar-refractivity contribution in [2.75, 3.05) is 29.0 Å². The minimum atomic E-state index is -3.43. The van der Waals surface area contributed by atoms with Gasteiger partial charge < -0.3 is 20.2 Å². The van der Waals surface area contributed by atoms with Gasteiger partial charge in [0.25, 0.3) is 0 Å². The molecule has 1 atom stereocenters. The highest BCUT2D eigenvalue weighted by atomic mass is 32.2. The van der Waals surface area contributed by atoms with Crippen molar-refractivity contribution in [1.29, 1.82) is 0 Å². The first-order chi connectivity index (χ1) is 14.6. The molecule has 31 heavy (non-hydrogen) atoms. The zero-order valence-electron chi connectivity index (χ0n) is 17.8. The number of carbonyl (C=O) groups is 2. The first-order valence-electron chi connectivity index (χ1n) is 10.0. The highest BCUT2D eigenvalue weighted by Crippen LogP contribution is 2.31. The Morgan fingerprint density at radius 1 is 1.23 bits per heavy atom. The van der Waals surface area contributed by atoms with Crippen molar-refractivity contribution in [2.24, 2.45) is 0 Å². The van der Waals surface area contributed by atoms with Crippen LogP contribution in [0.3, 0.4) is 0 Å². The standard InChI is InChI=1S/C21H27N3O6S/c1-13-11-17(14(2)30-13)19(25)8-9-22-20(26)21(27)23-16-7-6-15-5-4-10-24(18(15)12-16)31(3,28)29/h6-7,11-12,19,25H,4-5,8-10H2,1-3H3,(H,22,26)(H,23,27)/t19-/m1/s1. The number of rotatable bonds is 6. The highest BCUT2D eigenvalue weighted by molar-refractivity contribution is 7.92. The van der Waals surface area contributed by atoms with E-state index >= 15 is 0 Å². The van der Waals surface area contributed by atoms with Gasteiger partial charge in [0, 0.05) is 24.3 Å². The Labute approximate surface area is 181 Å². The topological polar surface area (TPSA) is 129 Å². The van der Waals surface area contributed by atoms with Gasteiger partial charge >= 0.3 is 11.8 Å². The summed E-state index contributed by atoms with van der Waals surface area (Å²) in [5, 5.41) is 15.2. The third-order valence-electron chi connectivity index (χ3n) is 5.17. The summed E-state index contributed by atoms with van der Waals surface area (Å²) in [7, 11) is -3.43. The van der Waals surface area contributed by atoms with E-state index in [4.69, 9.17) is 4.42 Å². The summed E-state index contributed by atoms with van der Waals surface area (Å²) in [4.78, 5) is 24.3. The lowest BCUT2D eigenvalue weighted by atomic mass is 10.0. The number of hydrogen-bond acceptors (Lipinski definition) is 6. The molecule has 2 heterocycles. The first kappa shape index (κ1) is 22.8. The summed E-state index contributed by atoms with van der Waals surface area (Å²) in [5.41, 5.74) is 2.37. The molecule has 1 aliphatic rings. The van der Waals surface area contributed by atoms with Crippen molar-refractivity contribution < 1.29 is 27.5 Å². The first-order valence-corrected chi connectivity index (χ1v) is 11.9. The number of anilines is 2. The van der Waals surface area contributed by atoms with Crippen molar-refractivity contribution in [3.63, 3.8) is 0 Å². The second-order valence-electron chi connectivity index (χ2n) is 7.67. The van der Waals surface area contributed by atoms with Crippen LogP contribution in [-0.2, 0) is 26.0 Å². The van der Waals surface area contributed by atoms with Crippen molar-refractivity contribution in [3.05, 3.63) is 46.9 Å². The normalized spacial score (nSPS) is 14.6. The van der Waals surface area contributed by atoms with Crippen LogP contribution < -0.4 is 14.9 Å². The van der Waals surface area contributed by atoms with Gasteiger partial charge in [-0.1, -0.05) is 6.07 Å². The Kier molecular flexibility index (Phi) is 6.71. The van der Waals surface area contributed by atoms with E-state index < -0.39 is 27.9 Å². The molecule has 1 aliphatic heterocycles. The third-order valence-corrected chi connectivity index (χ3v) is 6.35. The van der Waals surface area contributed by atoms with Gasteiger partial charge in [0.1, 0.15) is 11.5 Å². The molecule has 168 valence electrons. The number of carbonyl (C=O) groups excluding carboxylic acids is 2. The summed E-state index contributed by atoms with van der Waals surface area (Å²) in [6.07, 6.45) is 2.01. The van der Waals surface area contributed by atoms with Gasteiger partial charge in [-0.15, -0.1) is 0 Å². The molecule has 0 fully saturated rings. The van der Waals surface area contributed by atoms with Gasteiger partial charge in [-0.05, 0) is 56.9 Å². The zero-order chi connectivity index (χ0) is 22.8. The van der Waals surface area contributed by atoms with E-state index in [1.165, 1.54) is 4.31 Å². The van der Waals surface area contributed by atoms with Crippen LogP contribution in [0.1, 0.15) is 41.6 Å². The Hall–Kier alpha value is -2.85. The monoisotopic (exact) mass is 449 g/mol. The number of sulfonamides is 1. The molecule has 1 aromatic carbocycles. The summed E-state index contributed by atoms with van der Waals surface area (Å²) < 4.78 is 30.8. The number of amides is 2. The van der Waals surface area contributed by atoms with Crippen molar-refractivity contribution >= 4 is 33.2 Å². The van der Waals surface area contributed by atoms with Gasteiger partial charge in [0.05, 0.1) is 18.0 Å². The molecule has 0 spiro atoms. The maximum Gasteiger partial charge on any atom is 0.313 e. The number of aliphatic hydroxyl groups is 1. The minimum absolute atomic E-state index is 0.100. The van der Waals surface area contributed by atoms with E-state index in [9.17, 15) is 23.1 Å². The van der Waals surface area contributed by atoms with Crippen molar-refractivity contribution in [3.8, 4) is 0 Å². The Balaban J connectivity index is 1.57. The fourth-order valence-corrected chi connectivity index (χ4v) is 4.68. The van der Waals surface area contributed by atoms with Crippen molar-refractivity contribution in [2.45, 2.75) is 39.2 Å². The van der Waals surface area contributed by atoms with E-state index in [1.807, 2.05) is 0 Å². The molecular formula is C21H27N3O6S. The number of furan rings is 1. The number of hydrogen-bond donors (Lipinski definition) is 3. The van der Waals surface area contributed by atoms with Crippen LogP contribution >= 0.6 is 0 Å². The van der Waals surface area contributed by atoms with Gasteiger partial charge in [-0.2, -0.15) is 0 Å². The molecule has 0 saturated heterocycles. The fourth-order valence-electron chi connectivity index (χ4n) is 3.69. The van der Waals surface area contributed by atoms with Crippen LogP contribution in [0.5, 0.6) is 0 Å². The van der Waals surface area contributed by atoms with E-state index in [-0.39, 0.29) is 13.0 Å². The van der Waals surface area contributed by atoms with E-state index in [0.717, 1.165) is 24.7 Å². The lowest BCUT2D eigenvalue weighted by Crippen LogP contribution is -2.37. The molecule has 0 aliphatic carbocycles. The van der Waals surface area contributed by atoms with E-state index in [2.05, 4.69) is 10.6 Å². The molecule has 2 aromatic rings. The van der Waals surface area contributed by atoms with Crippen LogP contribution in [0.2, 0.25) is 0 Å². The molecule has 3 rings (SSSR count). The molecule has 3 N–H and O–H groups in total. The molecule has 1 aromatic heterocycles. The molecule has 0 unspecified atom stereocenters. The number of nitrogens with zero attached hydrogens (tertiary/aromatic N) is 1. The Morgan fingerprint density at radius 2 is 1.97 bits per heavy atom. The zero-order valence-corrected chi connectivity index (χ0v) is 18.6. The van der Waals surface area contributed by atoms with Gasteiger partial charge in [0.2, 0.25) is 10.0 Å². The van der Waals surface area contributed by atoms with Crippen LogP contribution in [0.25, 0.3) is 0 Å². The number of fused-ring (bicyclic) bond motifs is 1. The van der Waals surface area contributed by atoms with Gasteiger partial charge in [0.15, 0.2) is 0 Å². The SMILES string of the molecule is Cc1cc([C@H](O)CCNC(=O)C(=O)Nc2ccc3c(c2)N(S(C)(=O)=O)CCC3)c(C)o1. The Morgan fingerprint density at radius 3 is 2.61 bits per heavy atom. The van der Waals surface area contributed by atoms with Gasteiger partial charge in [-0.25, -0.2) is 8.42 Å². The lowest BCUT2D eigenvalue weighted by Gasteiger charge is -2.29. The molecule has 9 nitrogen and oxygen atoms in total.